The number of rotatable bonds is 5. The van der Waals surface area contributed by atoms with Crippen LogP contribution in [0.25, 0.3) is 22.2 Å². The molecule has 1 fully saturated rings. The number of benzene rings is 2. The highest BCUT2D eigenvalue weighted by Gasteiger charge is 2.30. The largest absolute Gasteiger partial charge is 0.294 e. The molecular weight excluding hydrogens is 447 g/mol. The number of piperazine rings is 1. The van der Waals surface area contributed by atoms with E-state index in [1.165, 1.54) is 12.1 Å². The molecule has 0 aliphatic carbocycles. The van der Waals surface area contributed by atoms with Crippen LogP contribution in [0.2, 0.25) is 0 Å². The van der Waals surface area contributed by atoms with Gasteiger partial charge in [0.1, 0.15) is 15.7 Å². The van der Waals surface area contributed by atoms with Gasteiger partial charge in [0.2, 0.25) is 10.0 Å². The van der Waals surface area contributed by atoms with E-state index in [0.29, 0.717) is 38.2 Å². The molecule has 0 saturated carbocycles. The van der Waals surface area contributed by atoms with Gasteiger partial charge >= 0.3 is 0 Å². The second-order valence-electron chi connectivity index (χ2n) is 7.64. The molecule has 5 rings (SSSR count). The molecule has 0 atom stereocenters. The van der Waals surface area contributed by atoms with Crippen LogP contribution in [-0.2, 0) is 16.6 Å². The molecule has 164 valence electrons. The van der Waals surface area contributed by atoms with Crippen molar-refractivity contribution in [1.82, 2.24) is 19.2 Å². The van der Waals surface area contributed by atoms with Crippen LogP contribution in [0.15, 0.2) is 71.1 Å². The smallest absolute Gasteiger partial charge is 0.245 e. The van der Waals surface area contributed by atoms with E-state index in [2.05, 4.69) is 14.9 Å². The Bertz CT molecular complexity index is 1340. The van der Waals surface area contributed by atoms with E-state index >= 15 is 0 Å². The molecule has 0 spiro atoms. The Labute approximate surface area is 190 Å². The fraction of sp³-hybridized carbons (Fsp3) is 0.217. The van der Waals surface area contributed by atoms with Crippen molar-refractivity contribution in [3.8, 4) is 11.3 Å². The quantitative estimate of drug-likeness (QED) is 0.443. The van der Waals surface area contributed by atoms with E-state index in [1.807, 2.05) is 17.5 Å². The molecule has 0 unspecified atom stereocenters. The number of para-hydroxylation sites is 1. The van der Waals surface area contributed by atoms with Crippen molar-refractivity contribution < 1.29 is 12.8 Å². The SMILES string of the molecule is O=S(=O)(c1cccc2cccnc12)N1CCN(Cc2nc(-c3ccc(F)cc3)cs2)CC1. The van der Waals surface area contributed by atoms with Gasteiger partial charge in [0, 0.05) is 48.7 Å². The van der Waals surface area contributed by atoms with Crippen LogP contribution in [0.5, 0.6) is 0 Å². The number of halogens is 1. The van der Waals surface area contributed by atoms with Crippen LogP contribution in [0.4, 0.5) is 4.39 Å². The second kappa shape index (κ2) is 8.67. The fourth-order valence-corrected chi connectivity index (χ4v) is 6.31. The van der Waals surface area contributed by atoms with Crippen LogP contribution in [-0.4, -0.2) is 53.8 Å². The van der Waals surface area contributed by atoms with E-state index in [4.69, 9.17) is 0 Å². The minimum atomic E-state index is -3.62. The number of pyridine rings is 1. The molecule has 3 heterocycles. The molecule has 0 amide bonds. The number of aromatic nitrogens is 2. The molecule has 1 saturated heterocycles. The first kappa shape index (κ1) is 21.1. The lowest BCUT2D eigenvalue weighted by Crippen LogP contribution is -2.48. The Kier molecular flexibility index (Phi) is 5.73. The maximum atomic E-state index is 13.3. The minimum Gasteiger partial charge on any atom is -0.294 e. The summed E-state index contributed by atoms with van der Waals surface area (Å²) >= 11 is 1.56. The zero-order chi connectivity index (χ0) is 22.1. The van der Waals surface area contributed by atoms with Crippen molar-refractivity contribution in [1.29, 1.82) is 0 Å². The molecule has 2 aromatic heterocycles. The van der Waals surface area contributed by atoms with E-state index in [0.717, 1.165) is 21.7 Å². The number of hydrogen-bond donors (Lipinski definition) is 0. The third kappa shape index (κ3) is 4.16. The van der Waals surface area contributed by atoms with Gasteiger partial charge in [-0.1, -0.05) is 18.2 Å². The van der Waals surface area contributed by atoms with Crippen LogP contribution >= 0.6 is 11.3 Å². The van der Waals surface area contributed by atoms with Gasteiger partial charge in [0.05, 0.1) is 17.8 Å². The van der Waals surface area contributed by atoms with Gasteiger partial charge in [-0.3, -0.25) is 9.88 Å². The second-order valence-corrected chi connectivity index (χ2v) is 10.5. The summed E-state index contributed by atoms with van der Waals surface area (Å²) in [4.78, 5) is 11.4. The summed E-state index contributed by atoms with van der Waals surface area (Å²) in [5.74, 6) is -0.267. The van der Waals surface area contributed by atoms with Crippen molar-refractivity contribution in [2.24, 2.45) is 0 Å². The molecule has 0 bridgehead atoms. The summed E-state index contributed by atoms with van der Waals surface area (Å²) < 4.78 is 41.2. The molecule has 0 radical (unpaired) electrons. The Morgan fingerprint density at radius 2 is 1.72 bits per heavy atom. The van der Waals surface area contributed by atoms with Crippen LogP contribution in [0.1, 0.15) is 5.01 Å². The highest BCUT2D eigenvalue weighted by atomic mass is 32.2. The van der Waals surface area contributed by atoms with Gasteiger partial charge in [-0.15, -0.1) is 11.3 Å². The van der Waals surface area contributed by atoms with Crippen LogP contribution < -0.4 is 0 Å². The first-order valence-electron chi connectivity index (χ1n) is 10.3. The zero-order valence-corrected chi connectivity index (χ0v) is 18.8. The fourth-order valence-electron chi connectivity index (χ4n) is 3.88. The molecule has 6 nitrogen and oxygen atoms in total. The number of thiazole rings is 1. The average Bonchev–Trinajstić information content (AvgIpc) is 3.28. The lowest BCUT2D eigenvalue weighted by Gasteiger charge is -2.33. The molecule has 1 aliphatic heterocycles. The maximum Gasteiger partial charge on any atom is 0.245 e. The van der Waals surface area contributed by atoms with Crippen molar-refractivity contribution in [3.05, 3.63) is 77.0 Å². The summed E-state index contributed by atoms with van der Waals surface area (Å²) in [5, 5.41) is 3.74. The Morgan fingerprint density at radius 1 is 0.969 bits per heavy atom. The first-order valence-corrected chi connectivity index (χ1v) is 12.6. The summed E-state index contributed by atoms with van der Waals surface area (Å²) in [6.07, 6.45) is 1.62. The van der Waals surface area contributed by atoms with E-state index in [-0.39, 0.29) is 10.7 Å². The molecule has 2 aromatic carbocycles. The Balaban J connectivity index is 1.26. The first-order chi connectivity index (χ1) is 15.5. The molecule has 9 heteroatoms. The maximum absolute atomic E-state index is 13.3. The predicted molar refractivity (Wildman–Crippen MR) is 123 cm³/mol. The van der Waals surface area contributed by atoms with Crippen molar-refractivity contribution in [2.75, 3.05) is 26.2 Å². The highest BCUT2D eigenvalue weighted by Crippen LogP contribution is 2.26. The third-order valence-corrected chi connectivity index (χ3v) is 8.36. The monoisotopic (exact) mass is 468 g/mol. The third-order valence-electron chi connectivity index (χ3n) is 5.60. The van der Waals surface area contributed by atoms with Crippen LogP contribution in [0.3, 0.4) is 0 Å². The van der Waals surface area contributed by atoms with Gasteiger partial charge in [-0.05, 0) is 36.4 Å². The van der Waals surface area contributed by atoms with Gasteiger partial charge in [0.25, 0.3) is 0 Å². The number of hydrogen-bond acceptors (Lipinski definition) is 6. The van der Waals surface area contributed by atoms with Crippen molar-refractivity contribution in [3.63, 3.8) is 0 Å². The van der Waals surface area contributed by atoms with E-state index in [9.17, 15) is 12.8 Å². The predicted octanol–water partition coefficient (Wildman–Crippen LogP) is 4.00. The van der Waals surface area contributed by atoms with Crippen molar-refractivity contribution in [2.45, 2.75) is 11.4 Å². The molecule has 1 aliphatic rings. The minimum absolute atomic E-state index is 0.257. The highest BCUT2D eigenvalue weighted by molar-refractivity contribution is 7.89. The number of sulfonamides is 1. The Morgan fingerprint density at radius 3 is 2.50 bits per heavy atom. The topological polar surface area (TPSA) is 66.4 Å². The zero-order valence-electron chi connectivity index (χ0n) is 17.2. The summed E-state index contributed by atoms with van der Waals surface area (Å²) in [7, 11) is -3.62. The number of nitrogens with zero attached hydrogens (tertiary/aromatic N) is 4. The van der Waals surface area contributed by atoms with Gasteiger partial charge in [-0.2, -0.15) is 4.31 Å². The Hall–Kier alpha value is -2.72. The van der Waals surface area contributed by atoms with Crippen LogP contribution in [0, 0.1) is 5.82 Å². The summed E-state index contributed by atoms with van der Waals surface area (Å²) in [6.45, 7) is 2.75. The molecular formula is C23H21FN4O2S2. The summed E-state index contributed by atoms with van der Waals surface area (Å²) in [5.41, 5.74) is 2.22. The van der Waals surface area contributed by atoms with E-state index in [1.54, 1.807) is 52.2 Å². The lowest BCUT2D eigenvalue weighted by molar-refractivity contribution is 0.181. The van der Waals surface area contributed by atoms with Gasteiger partial charge in [0.15, 0.2) is 0 Å². The molecule has 32 heavy (non-hydrogen) atoms. The normalized spacial score (nSPS) is 15.9. The van der Waals surface area contributed by atoms with Gasteiger partial charge < -0.3 is 0 Å². The van der Waals surface area contributed by atoms with Crippen molar-refractivity contribution >= 4 is 32.3 Å². The molecule has 4 aromatic rings. The lowest BCUT2D eigenvalue weighted by atomic mass is 10.2. The van der Waals surface area contributed by atoms with Gasteiger partial charge in [-0.25, -0.2) is 17.8 Å². The average molecular weight is 469 g/mol. The van der Waals surface area contributed by atoms with E-state index < -0.39 is 10.0 Å². The standard InChI is InChI=1S/C23H21FN4O2S2/c24-19-8-6-17(7-9-19)20-16-31-22(26-20)15-27-11-13-28(14-12-27)32(29,30)21-5-1-3-18-4-2-10-25-23(18)21/h1-10,16H,11-15H2. The molecule has 0 N–H and O–H groups in total. The summed E-state index contributed by atoms with van der Waals surface area (Å²) in [6, 6.07) is 15.2. The number of fused-ring (bicyclic) bond motifs is 1.